The van der Waals surface area contributed by atoms with Crippen LogP contribution in [0.15, 0.2) is 22.0 Å². The third kappa shape index (κ3) is 3.24. The van der Waals surface area contributed by atoms with E-state index in [2.05, 4.69) is 20.0 Å². The van der Waals surface area contributed by atoms with E-state index in [4.69, 9.17) is 4.52 Å². The molecule has 0 aliphatic carbocycles. The highest BCUT2D eigenvalue weighted by Gasteiger charge is 2.21. The van der Waals surface area contributed by atoms with Crippen molar-refractivity contribution in [2.45, 2.75) is 39.8 Å². The zero-order valence-electron chi connectivity index (χ0n) is 13.0. The topological polar surface area (TPSA) is 77.1 Å². The van der Waals surface area contributed by atoms with Crippen molar-refractivity contribution in [3.05, 3.63) is 40.2 Å². The van der Waals surface area contributed by atoms with Gasteiger partial charge >= 0.3 is 0 Å². The van der Waals surface area contributed by atoms with Gasteiger partial charge in [0.15, 0.2) is 5.82 Å². The Hall–Kier alpha value is -2.02. The van der Waals surface area contributed by atoms with Crippen molar-refractivity contribution in [1.29, 1.82) is 0 Å². The summed E-state index contributed by atoms with van der Waals surface area (Å²) in [6.45, 7) is 7.18. The van der Waals surface area contributed by atoms with Crippen molar-refractivity contribution in [2.24, 2.45) is 5.92 Å². The summed E-state index contributed by atoms with van der Waals surface area (Å²) in [6, 6.07) is 0. The first-order valence-corrected chi connectivity index (χ1v) is 7.63. The molecule has 3 rings (SSSR count). The monoisotopic (exact) mass is 303 g/mol. The van der Waals surface area contributed by atoms with Gasteiger partial charge in [0.05, 0.1) is 12.9 Å². The van der Waals surface area contributed by atoms with E-state index in [0.717, 1.165) is 56.1 Å². The predicted molar refractivity (Wildman–Crippen MR) is 80.3 cm³/mol. The number of hydrogen-bond donors (Lipinski definition) is 0. The molecule has 0 bridgehead atoms. The van der Waals surface area contributed by atoms with Gasteiger partial charge in [-0.2, -0.15) is 4.98 Å². The predicted octanol–water partition coefficient (Wildman–Crippen LogP) is 1.16. The van der Waals surface area contributed by atoms with Gasteiger partial charge < -0.3 is 4.52 Å². The lowest BCUT2D eigenvalue weighted by atomic mass is 9.96. The normalized spacial score (nSPS) is 17.0. The lowest BCUT2D eigenvalue weighted by molar-refractivity contribution is 0.161. The Morgan fingerprint density at radius 2 is 2.05 bits per heavy atom. The first kappa shape index (κ1) is 14.9. The maximum atomic E-state index is 12.2. The van der Waals surface area contributed by atoms with E-state index >= 15 is 0 Å². The molecule has 0 amide bonds. The number of aromatic nitrogens is 4. The minimum Gasteiger partial charge on any atom is -0.343 e. The van der Waals surface area contributed by atoms with Gasteiger partial charge in [0.2, 0.25) is 6.39 Å². The molecule has 3 heterocycles. The molecule has 118 valence electrons. The molecule has 0 radical (unpaired) electrons. The van der Waals surface area contributed by atoms with E-state index in [0.29, 0.717) is 5.92 Å². The van der Waals surface area contributed by atoms with Crippen molar-refractivity contribution in [3.63, 3.8) is 0 Å². The van der Waals surface area contributed by atoms with Gasteiger partial charge in [-0.25, -0.2) is 4.98 Å². The molecule has 0 spiro atoms. The summed E-state index contributed by atoms with van der Waals surface area (Å²) in [5.41, 5.74) is 1.65. The number of aryl methyl sites for hydroxylation is 1. The van der Waals surface area contributed by atoms with Crippen molar-refractivity contribution in [2.75, 3.05) is 13.1 Å². The summed E-state index contributed by atoms with van der Waals surface area (Å²) in [7, 11) is 0. The highest BCUT2D eigenvalue weighted by atomic mass is 16.5. The Kier molecular flexibility index (Phi) is 4.33. The quantitative estimate of drug-likeness (QED) is 0.843. The average Bonchev–Trinajstić information content (AvgIpc) is 3.03. The van der Waals surface area contributed by atoms with Gasteiger partial charge in [-0.15, -0.1) is 0 Å². The van der Waals surface area contributed by atoms with Crippen LogP contribution >= 0.6 is 0 Å². The highest BCUT2D eigenvalue weighted by molar-refractivity contribution is 5.12. The summed E-state index contributed by atoms with van der Waals surface area (Å²) >= 11 is 0. The van der Waals surface area contributed by atoms with Crippen LogP contribution in [0, 0.1) is 19.8 Å². The van der Waals surface area contributed by atoms with Crippen molar-refractivity contribution in [3.8, 4) is 0 Å². The molecule has 0 saturated carbocycles. The molecule has 0 unspecified atom stereocenters. The zero-order chi connectivity index (χ0) is 15.5. The van der Waals surface area contributed by atoms with Gasteiger partial charge in [-0.1, -0.05) is 5.16 Å². The third-order valence-corrected chi connectivity index (χ3v) is 4.45. The second kappa shape index (κ2) is 6.39. The van der Waals surface area contributed by atoms with Crippen LogP contribution in [0.1, 0.15) is 29.9 Å². The van der Waals surface area contributed by atoms with Crippen molar-refractivity contribution in [1.82, 2.24) is 24.6 Å². The van der Waals surface area contributed by atoms with E-state index in [1.54, 1.807) is 10.9 Å². The van der Waals surface area contributed by atoms with Gasteiger partial charge in [-0.3, -0.25) is 14.3 Å². The molecule has 7 heteroatoms. The molecule has 1 saturated heterocycles. The summed E-state index contributed by atoms with van der Waals surface area (Å²) in [6.07, 6.45) is 5.17. The average molecular weight is 303 g/mol. The van der Waals surface area contributed by atoms with Crippen LogP contribution in [-0.2, 0) is 13.1 Å². The summed E-state index contributed by atoms with van der Waals surface area (Å²) in [4.78, 5) is 22.9. The second-order valence-electron chi connectivity index (χ2n) is 5.98. The molecule has 2 aromatic rings. The molecule has 1 aliphatic heterocycles. The minimum absolute atomic E-state index is 0.0849. The molecule has 1 aliphatic rings. The Morgan fingerprint density at radius 1 is 1.27 bits per heavy atom. The van der Waals surface area contributed by atoms with Crippen LogP contribution in [-0.4, -0.2) is 37.7 Å². The van der Waals surface area contributed by atoms with Crippen LogP contribution in [0.3, 0.4) is 0 Å². The number of nitrogens with zero attached hydrogens (tertiary/aromatic N) is 5. The van der Waals surface area contributed by atoms with Gasteiger partial charge in [-0.05, 0) is 45.7 Å². The molecule has 22 heavy (non-hydrogen) atoms. The number of rotatable bonds is 4. The number of hydrogen-bond acceptors (Lipinski definition) is 6. The molecular weight excluding hydrogens is 282 g/mol. The molecule has 0 atom stereocenters. The fourth-order valence-corrected chi connectivity index (χ4v) is 2.87. The van der Waals surface area contributed by atoms with Crippen LogP contribution in [0.25, 0.3) is 0 Å². The SMILES string of the molecule is Cc1ncn(CC2CCN(Cc3ncon3)CC2)c(=O)c1C. The molecular formula is C15H21N5O2. The van der Waals surface area contributed by atoms with E-state index < -0.39 is 0 Å². The maximum Gasteiger partial charge on any atom is 0.256 e. The molecule has 2 aromatic heterocycles. The highest BCUT2D eigenvalue weighted by Crippen LogP contribution is 2.19. The molecule has 0 N–H and O–H groups in total. The van der Waals surface area contributed by atoms with E-state index in [9.17, 15) is 4.79 Å². The Bertz CT molecular complexity index is 672. The summed E-state index contributed by atoms with van der Waals surface area (Å²) in [5, 5.41) is 3.85. The standard InChI is InChI=1S/C15H21N5O2/c1-11-12(2)16-9-20(15(11)21)7-13-3-5-19(6-4-13)8-14-17-10-22-18-14/h9-10,13H,3-8H2,1-2H3. The summed E-state index contributed by atoms with van der Waals surface area (Å²) < 4.78 is 6.51. The molecule has 0 aromatic carbocycles. The Balaban J connectivity index is 1.56. The molecule has 7 nitrogen and oxygen atoms in total. The summed E-state index contributed by atoms with van der Waals surface area (Å²) in [5.74, 6) is 1.25. The maximum absolute atomic E-state index is 12.2. The fourth-order valence-electron chi connectivity index (χ4n) is 2.87. The largest absolute Gasteiger partial charge is 0.343 e. The van der Waals surface area contributed by atoms with Gasteiger partial charge in [0, 0.05) is 17.8 Å². The number of likely N-dealkylation sites (tertiary alicyclic amines) is 1. The lowest BCUT2D eigenvalue weighted by Crippen LogP contribution is -2.36. The lowest BCUT2D eigenvalue weighted by Gasteiger charge is -2.31. The van der Waals surface area contributed by atoms with E-state index in [1.807, 2.05) is 13.8 Å². The number of piperidine rings is 1. The van der Waals surface area contributed by atoms with Crippen LogP contribution in [0.5, 0.6) is 0 Å². The first-order chi connectivity index (χ1) is 10.6. The van der Waals surface area contributed by atoms with E-state index in [-0.39, 0.29) is 5.56 Å². The zero-order valence-corrected chi connectivity index (χ0v) is 13.0. The van der Waals surface area contributed by atoms with Crippen LogP contribution in [0.4, 0.5) is 0 Å². The van der Waals surface area contributed by atoms with Crippen LogP contribution in [0.2, 0.25) is 0 Å². The van der Waals surface area contributed by atoms with Crippen molar-refractivity contribution >= 4 is 0 Å². The third-order valence-electron chi connectivity index (χ3n) is 4.45. The Labute approximate surface area is 129 Å². The molecule has 1 fully saturated rings. The minimum atomic E-state index is 0.0849. The Morgan fingerprint density at radius 3 is 2.73 bits per heavy atom. The second-order valence-corrected chi connectivity index (χ2v) is 5.98. The van der Waals surface area contributed by atoms with Gasteiger partial charge in [0.25, 0.3) is 5.56 Å². The van der Waals surface area contributed by atoms with Crippen molar-refractivity contribution < 1.29 is 4.52 Å². The van der Waals surface area contributed by atoms with Crippen LogP contribution < -0.4 is 5.56 Å². The van der Waals surface area contributed by atoms with E-state index in [1.165, 1.54) is 6.39 Å². The first-order valence-electron chi connectivity index (χ1n) is 7.63. The fraction of sp³-hybridized carbons (Fsp3) is 0.600. The smallest absolute Gasteiger partial charge is 0.256 e. The van der Waals surface area contributed by atoms with Gasteiger partial charge in [0.1, 0.15) is 0 Å².